The molecule has 1 N–H and O–H groups in total. The SMILES string of the molecule is CCCNC(CCCOC)c1cc(C(F)(F)F)ccc1F. The molecule has 6 heteroatoms. The second-order valence-electron chi connectivity index (χ2n) is 4.88. The van der Waals surface area contributed by atoms with Gasteiger partial charge in [-0.25, -0.2) is 4.39 Å². The fourth-order valence-corrected chi connectivity index (χ4v) is 2.10. The summed E-state index contributed by atoms with van der Waals surface area (Å²) in [4.78, 5) is 0. The molecule has 0 fully saturated rings. The molecule has 1 aromatic carbocycles. The number of hydrogen-bond acceptors (Lipinski definition) is 2. The first-order chi connectivity index (χ1) is 9.90. The largest absolute Gasteiger partial charge is 0.416 e. The third-order valence-electron chi connectivity index (χ3n) is 3.18. The van der Waals surface area contributed by atoms with Crippen molar-refractivity contribution in [2.45, 2.75) is 38.4 Å². The van der Waals surface area contributed by atoms with Crippen LogP contribution in [0.4, 0.5) is 17.6 Å². The lowest BCUT2D eigenvalue weighted by Crippen LogP contribution is -2.24. The fraction of sp³-hybridized carbons (Fsp3) is 0.600. The Hall–Kier alpha value is -1.14. The molecule has 0 aliphatic heterocycles. The maximum Gasteiger partial charge on any atom is 0.416 e. The molecule has 0 saturated heterocycles. The highest BCUT2D eigenvalue weighted by molar-refractivity contribution is 5.29. The molecule has 120 valence electrons. The van der Waals surface area contributed by atoms with Crippen LogP contribution in [-0.2, 0) is 10.9 Å². The number of methoxy groups -OCH3 is 1. The predicted molar refractivity (Wildman–Crippen MR) is 73.5 cm³/mol. The van der Waals surface area contributed by atoms with Crippen molar-refractivity contribution in [3.8, 4) is 0 Å². The Morgan fingerprint density at radius 2 is 2.00 bits per heavy atom. The highest BCUT2D eigenvalue weighted by atomic mass is 19.4. The molecule has 0 radical (unpaired) electrons. The van der Waals surface area contributed by atoms with Crippen LogP contribution in [0.5, 0.6) is 0 Å². The van der Waals surface area contributed by atoms with Gasteiger partial charge in [-0.05, 0) is 44.0 Å². The number of rotatable bonds is 8. The van der Waals surface area contributed by atoms with Crippen molar-refractivity contribution in [2.24, 2.45) is 0 Å². The van der Waals surface area contributed by atoms with Crippen LogP contribution in [0.15, 0.2) is 18.2 Å². The van der Waals surface area contributed by atoms with Crippen LogP contribution in [0.3, 0.4) is 0 Å². The summed E-state index contributed by atoms with van der Waals surface area (Å²) < 4.78 is 57.1. The van der Waals surface area contributed by atoms with E-state index in [2.05, 4.69) is 5.32 Å². The predicted octanol–water partition coefficient (Wildman–Crippen LogP) is 4.31. The van der Waals surface area contributed by atoms with Gasteiger partial charge in [0.05, 0.1) is 5.56 Å². The lowest BCUT2D eigenvalue weighted by molar-refractivity contribution is -0.137. The number of alkyl halides is 3. The van der Waals surface area contributed by atoms with Gasteiger partial charge in [-0.15, -0.1) is 0 Å². The van der Waals surface area contributed by atoms with Crippen LogP contribution in [0, 0.1) is 5.82 Å². The fourth-order valence-electron chi connectivity index (χ4n) is 2.10. The summed E-state index contributed by atoms with van der Waals surface area (Å²) in [6, 6.07) is 2.11. The molecule has 0 aromatic heterocycles. The summed E-state index contributed by atoms with van der Waals surface area (Å²) in [5.41, 5.74) is -0.761. The second-order valence-corrected chi connectivity index (χ2v) is 4.88. The molecule has 0 heterocycles. The standard InChI is InChI=1S/C15H21F4NO/c1-3-8-20-14(5-4-9-21-2)12-10-11(15(17,18)19)6-7-13(12)16/h6-7,10,14,20H,3-5,8-9H2,1-2H3. The van der Waals surface area contributed by atoms with Crippen molar-refractivity contribution in [3.05, 3.63) is 35.1 Å². The van der Waals surface area contributed by atoms with Gasteiger partial charge in [0.1, 0.15) is 5.82 Å². The molecule has 1 atom stereocenters. The Labute approximate surface area is 122 Å². The van der Waals surface area contributed by atoms with Crippen LogP contribution in [0.25, 0.3) is 0 Å². The average molecular weight is 307 g/mol. The molecule has 0 bridgehead atoms. The Balaban J connectivity index is 2.98. The highest BCUT2D eigenvalue weighted by Crippen LogP contribution is 2.32. The van der Waals surface area contributed by atoms with Gasteiger partial charge >= 0.3 is 6.18 Å². The van der Waals surface area contributed by atoms with Gasteiger partial charge in [-0.2, -0.15) is 13.2 Å². The normalized spacial score (nSPS) is 13.4. The van der Waals surface area contributed by atoms with Crippen LogP contribution in [0.1, 0.15) is 43.4 Å². The first kappa shape index (κ1) is 17.9. The third-order valence-corrected chi connectivity index (χ3v) is 3.18. The lowest BCUT2D eigenvalue weighted by atomic mass is 9.99. The van der Waals surface area contributed by atoms with Gasteiger partial charge in [-0.1, -0.05) is 6.92 Å². The minimum Gasteiger partial charge on any atom is -0.385 e. The van der Waals surface area contributed by atoms with E-state index in [1.54, 1.807) is 7.11 Å². The number of benzene rings is 1. The Kier molecular flexibility index (Phi) is 7.11. The summed E-state index contributed by atoms with van der Waals surface area (Å²) in [5.74, 6) is -0.617. The van der Waals surface area contributed by atoms with E-state index in [1.807, 2.05) is 6.92 Å². The molecule has 21 heavy (non-hydrogen) atoms. The van der Waals surface area contributed by atoms with E-state index in [0.717, 1.165) is 24.6 Å². The quantitative estimate of drug-likeness (QED) is 0.571. The van der Waals surface area contributed by atoms with Crippen molar-refractivity contribution < 1.29 is 22.3 Å². The monoisotopic (exact) mass is 307 g/mol. The van der Waals surface area contributed by atoms with Gasteiger partial charge in [0.25, 0.3) is 0 Å². The molecule has 2 nitrogen and oxygen atoms in total. The molecule has 0 aliphatic carbocycles. The molecular formula is C15H21F4NO. The highest BCUT2D eigenvalue weighted by Gasteiger charge is 2.31. The minimum absolute atomic E-state index is 0.0642. The van der Waals surface area contributed by atoms with E-state index < -0.39 is 23.6 Å². The zero-order valence-corrected chi connectivity index (χ0v) is 12.3. The molecule has 0 saturated carbocycles. The van der Waals surface area contributed by atoms with E-state index in [-0.39, 0.29) is 5.56 Å². The smallest absolute Gasteiger partial charge is 0.385 e. The van der Waals surface area contributed by atoms with Gasteiger partial charge in [0.15, 0.2) is 0 Å². The summed E-state index contributed by atoms with van der Waals surface area (Å²) >= 11 is 0. The van der Waals surface area contributed by atoms with E-state index in [1.165, 1.54) is 0 Å². The van der Waals surface area contributed by atoms with Crippen molar-refractivity contribution in [1.82, 2.24) is 5.32 Å². The van der Waals surface area contributed by atoms with E-state index in [9.17, 15) is 17.6 Å². The van der Waals surface area contributed by atoms with Crippen LogP contribution < -0.4 is 5.32 Å². The minimum atomic E-state index is -4.47. The Morgan fingerprint density at radius 3 is 2.57 bits per heavy atom. The maximum absolute atomic E-state index is 13.9. The molecule has 0 amide bonds. The molecule has 1 aromatic rings. The van der Waals surface area contributed by atoms with E-state index >= 15 is 0 Å². The van der Waals surface area contributed by atoms with Crippen molar-refractivity contribution in [1.29, 1.82) is 0 Å². The van der Waals surface area contributed by atoms with Crippen molar-refractivity contribution >= 4 is 0 Å². The van der Waals surface area contributed by atoms with E-state index in [0.29, 0.717) is 26.0 Å². The second kappa shape index (κ2) is 8.34. The van der Waals surface area contributed by atoms with E-state index in [4.69, 9.17) is 4.74 Å². The number of nitrogens with one attached hydrogen (secondary N) is 1. The maximum atomic E-state index is 13.9. The van der Waals surface area contributed by atoms with Gasteiger partial charge in [0, 0.05) is 25.3 Å². The van der Waals surface area contributed by atoms with Gasteiger partial charge < -0.3 is 10.1 Å². The Morgan fingerprint density at radius 1 is 1.29 bits per heavy atom. The summed E-state index contributed by atoms with van der Waals surface area (Å²) in [6.07, 6.45) is -2.48. The summed E-state index contributed by atoms with van der Waals surface area (Å²) in [7, 11) is 1.55. The lowest BCUT2D eigenvalue weighted by Gasteiger charge is -2.21. The van der Waals surface area contributed by atoms with Gasteiger partial charge in [-0.3, -0.25) is 0 Å². The van der Waals surface area contributed by atoms with Crippen LogP contribution >= 0.6 is 0 Å². The Bertz CT molecular complexity index is 434. The third kappa shape index (κ3) is 5.63. The molecule has 1 unspecified atom stereocenters. The van der Waals surface area contributed by atoms with Crippen LogP contribution in [0.2, 0.25) is 0 Å². The molecule has 0 spiro atoms. The number of ether oxygens (including phenoxy) is 1. The summed E-state index contributed by atoms with van der Waals surface area (Å²) in [6.45, 7) is 3.06. The van der Waals surface area contributed by atoms with Crippen molar-refractivity contribution in [2.75, 3.05) is 20.3 Å². The average Bonchev–Trinajstić information content (AvgIpc) is 2.42. The summed E-state index contributed by atoms with van der Waals surface area (Å²) in [5, 5.41) is 3.10. The van der Waals surface area contributed by atoms with Crippen molar-refractivity contribution in [3.63, 3.8) is 0 Å². The molecule has 1 rings (SSSR count). The first-order valence-corrected chi connectivity index (χ1v) is 6.99. The topological polar surface area (TPSA) is 21.3 Å². The number of halogens is 4. The zero-order valence-electron chi connectivity index (χ0n) is 12.3. The molecule has 0 aliphatic rings. The number of hydrogen-bond donors (Lipinski definition) is 1. The van der Waals surface area contributed by atoms with Gasteiger partial charge in [0.2, 0.25) is 0 Å². The molecular weight excluding hydrogens is 286 g/mol. The van der Waals surface area contributed by atoms with Crippen LogP contribution in [-0.4, -0.2) is 20.3 Å². The first-order valence-electron chi connectivity index (χ1n) is 6.99. The zero-order chi connectivity index (χ0) is 15.9.